The first-order valence-corrected chi connectivity index (χ1v) is 9.58. The van der Waals surface area contributed by atoms with Crippen LogP contribution in [-0.4, -0.2) is 78.0 Å². The van der Waals surface area contributed by atoms with Crippen LogP contribution in [0.4, 0.5) is 50.0 Å². The lowest BCUT2D eigenvalue weighted by atomic mass is 10.1. The highest BCUT2D eigenvalue weighted by Crippen LogP contribution is 2.36. The van der Waals surface area contributed by atoms with Gasteiger partial charge in [-0.2, -0.15) is 39.5 Å². The Hall–Kier alpha value is -2.91. The lowest BCUT2D eigenvalue weighted by Crippen LogP contribution is -2.52. The number of amides is 1. The minimum atomic E-state index is -6.36. The second kappa shape index (κ2) is 11.4. The van der Waals surface area contributed by atoms with Crippen LogP contribution >= 0.6 is 0 Å². The van der Waals surface area contributed by atoms with Crippen molar-refractivity contribution in [1.29, 1.82) is 0 Å². The van der Waals surface area contributed by atoms with Crippen molar-refractivity contribution in [2.75, 3.05) is 37.8 Å². The summed E-state index contributed by atoms with van der Waals surface area (Å²) in [6.45, 7) is -18.2. The fourth-order valence-electron chi connectivity index (χ4n) is 2.61. The maximum Gasteiger partial charge on any atom is 0.434 e. The van der Waals surface area contributed by atoms with Gasteiger partial charge in [0.15, 0.2) is 0 Å². The molecule has 0 unspecified atom stereocenters. The van der Waals surface area contributed by atoms with E-state index in [9.17, 15) is 49.1 Å². The van der Waals surface area contributed by atoms with Crippen molar-refractivity contribution in [2.45, 2.75) is 44.0 Å². The normalized spacial score (nSPS) is 24.7. The number of halogens is 9. The van der Waals surface area contributed by atoms with E-state index in [1.165, 1.54) is 0 Å². The smallest absolute Gasteiger partial charge is 0.434 e. The molecule has 0 atom stereocenters. The highest BCUT2D eigenvalue weighted by atomic mass is 19.4. The Balaban J connectivity index is 2.61. The summed E-state index contributed by atoms with van der Waals surface area (Å²) in [6, 6.07) is 1.55. The number of nitrogens with zero attached hydrogens (tertiary/aromatic N) is 2. The largest absolute Gasteiger partial charge is 0.481 e. The second-order valence-corrected chi connectivity index (χ2v) is 7.01. The minimum Gasteiger partial charge on any atom is -0.481 e. The maximum atomic E-state index is 13.3. The zero-order valence-corrected chi connectivity index (χ0v) is 17.6. The van der Waals surface area contributed by atoms with Gasteiger partial charge in [-0.05, 0) is 24.1 Å². The van der Waals surface area contributed by atoms with Crippen molar-refractivity contribution in [3.05, 3.63) is 29.3 Å². The number of benzene rings is 1. The number of anilines is 1. The van der Waals surface area contributed by atoms with Crippen LogP contribution in [0.5, 0.6) is 0 Å². The molecule has 1 fully saturated rings. The number of carboxylic acid groups (broad SMARTS) is 1. The Kier molecular flexibility index (Phi) is 6.11. The molecule has 2 rings (SSSR count). The van der Waals surface area contributed by atoms with Gasteiger partial charge in [-0.3, -0.25) is 9.69 Å². The fourth-order valence-corrected chi connectivity index (χ4v) is 2.61. The summed E-state index contributed by atoms with van der Waals surface area (Å²) in [5.74, 6) is -1.27. The van der Waals surface area contributed by atoms with Crippen molar-refractivity contribution in [3.8, 4) is 0 Å². The predicted octanol–water partition coefficient (Wildman–Crippen LogP) is 4.73. The molecule has 204 valence electrons. The quantitative estimate of drug-likeness (QED) is 0.362. The number of nitrogens with one attached hydrogen (secondary N) is 1. The SMILES string of the molecule is [2H]C1([2H])N(Cc2ccc(C(F)(F)F)cc2NCCCC(=O)O)C([2H])([2H])C([2H])([2H])N(C(=O)OC(C(F)(F)F)C(F)(F)F)C1([2H])[2H]. The molecule has 1 saturated heterocycles. The molecule has 0 aromatic heterocycles. The molecule has 7 nitrogen and oxygen atoms in total. The Labute approximate surface area is 210 Å². The van der Waals surface area contributed by atoms with Gasteiger partial charge in [0.1, 0.15) is 0 Å². The third-order valence-electron chi connectivity index (χ3n) is 4.24. The molecule has 0 radical (unpaired) electrons. The summed E-state index contributed by atoms with van der Waals surface area (Å²) < 4.78 is 186. The van der Waals surface area contributed by atoms with Crippen LogP contribution in [0.1, 0.15) is 34.9 Å². The maximum absolute atomic E-state index is 13.3. The van der Waals surface area contributed by atoms with Crippen molar-refractivity contribution >= 4 is 17.7 Å². The van der Waals surface area contributed by atoms with E-state index in [0.717, 1.165) is 0 Å². The van der Waals surface area contributed by atoms with E-state index in [1.807, 2.05) is 0 Å². The Morgan fingerprint density at radius 2 is 1.61 bits per heavy atom. The van der Waals surface area contributed by atoms with Gasteiger partial charge in [-0.1, -0.05) is 6.07 Å². The van der Waals surface area contributed by atoms with Crippen molar-refractivity contribution < 1.29 is 69.9 Å². The summed E-state index contributed by atoms with van der Waals surface area (Å²) in [5, 5.41) is 11.2. The van der Waals surface area contributed by atoms with Gasteiger partial charge in [0, 0.05) is 56.7 Å². The molecule has 1 heterocycles. The van der Waals surface area contributed by atoms with E-state index in [0.29, 0.717) is 18.2 Å². The minimum absolute atomic E-state index is 0.157. The van der Waals surface area contributed by atoms with Gasteiger partial charge in [0.05, 0.1) is 11.0 Å². The van der Waals surface area contributed by atoms with E-state index < -0.39 is 97.4 Å². The predicted molar refractivity (Wildman–Crippen MR) is 106 cm³/mol. The Morgan fingerprint density at radius 1 is 1.03 bits per heavy atom. The summed E-state index contributed by atoms with van der Waals surface area (Å²) in [5.41, 5.74) is -2.27. The summed E-state index contributed by atoms with van der Waals surface area (Å²) in [7, 11) is 0. The molecule has 1 aromatic carbocycles. The first-order chi connectivity index (χ1) is 19.5. The zero-order chi connectivity index (χ0) is 34.5. The summed E-state index contributed by atoms with van der Waals surface area (Å²) in [4.78, 5) is 21.7. The lowest BCUT2D eigenvalue weighted by molar-refractivity contribution is -0.308. The highest BCUT2D eigenvalue weighted by molar-refractivity contribution is 5.68. The molecular formula is C20H22F9N3O4. The molecule has 36 heavy (non-hydrogen) atoms. The third-order valence-corrected chi connectivity index (χ3v) is 4.24. The van der Waals surface area contributed by atoms with Crippen molar-refractivity contribution in [2.24, 2.45) is 0 Å². The highest BCUT2D eigenvalue weighted by Gasteiger charge is 2.60. The first kappa shape index (κ1) is 19.2. The number of hydrogen-bond donors (Lipinski definition) is 2. The number of rotatable bonds is 8. The van der Waals surface area contributed by atoms with Crippen LogP contribution in [-0.2, 0) is 22.3 Å². The molecule has 0 saturated carbocycles. The van der Waals surface area contributed by atoms with Crippen LogP contribution < -0.4 is 5.32 Å². The first-order valence-electron chi connectivity index (χ1n) is 13.6. The number of carboxylic acids is 1. The topological polar surface area (TPSA) is 82.1 Å². The van der Waals surface area contributed by atoms with E-state index in [2.05, 4.69) is 10.1 Å². The molecular weight excluding hydrogens is 517 g/mol. The third kappa shape index (κ3) is 8.64. The molecule has 1 aliphatic heterocycles. The molecule has 16 heteroatoms. The average molecular weight is 547 g/mol. The summed E-state index contributed by atoms with van der Waals surface area (Å²) in [6.07, 6.45) is -26.3. The average Bonchev–Trinajstić information content (AvgIpc) is 2.80. The number of carbonyl (C=O) groups is 2. The number of hydrogen-bond acceptors (Lipinski definition) is 5. The molecule has 1 aliphatic rings. The monoisotopic (exact) mass is 547 g/mol. The molecule has 0 bridgehead atoms. The Morgan fingerprint density at radius 3 is 2.11 bits per heavy atom. The van der Waals surface area contributed by atoms with Crippen LogP contribution in [0.25, 0.3) is 0 Å². The van der Waals surface area contributed by atoms with Gasteiger partial charge in [0.25, 0.3) is 6.10 Å². The molecule has 0 aliphatic carbocycles. The van der Waals surface area contributed by atoms with Crippen LogP contribution in [0.3, 0.4) is 0 Å². The van der Waals surface area contributed by atoms with Gasteiger partial charge >= 0.3 is 30.6 Å². The van der Waals surface area contributed by atoms with E-state index in [-0.39, 0.29) is 17.9 Å². The number of piperazine rings is 1. The van der Waals surface area contributed by atoms with Crippen molar-refractivity contribution in [1.82, 2.24) is 9.80 Å². The standard InChI is InChI=1S/C20H22F9N3O4/c21-18(22,23)13-4-3-12(14(10-13)30-5-1-2-15(33)34)11-31-6-8-32(9-7-31)17(35)36-16(19(24,25)26)20(27,28)29/h3-4,10,16,30H,1-2,5-9,11H2,(H,33,34)/i6D2,7D2,8D2,9D2. The van der Waals surface area contributed by atoms with Crippen LogP contribution in [0, 0.1) is 0 Å². The van der Waals surface area contributed by atoms with Crippen LogP contribution in [0.15, 0.2) is 18.2 Å². The zero-order valence-electron chi connectivity index (χ0n) is 25.6. The van der Waals surface area contributed by atoms with Gasteiger partial charge in [-0.15, -0.1) is 0 Å². The van der Waals surface area contributed by atoms with Gasteiger partial charge < -0.3 is 20.1 Å². The number of alkyl halides is 9. The van der Waals surface area contributed by atoms with E-state index >= 15 is 0 Å². The molecule has 1 amide bonds. The molecule has 2 N–H and O–H groups in total. The van der Waals surface area contributed by atoms with Crippen LogP contribution in [0.2, 0.25) is 0 Å². The number of ether oxygens (including phenoxy) is 1. The van der Waals surface area contributed by atoms with E-state index in [4.69, 9.17) is 16.1 Å². The number of carbonyl (C=O) groups excluding carboxylic acids is 1. The summed E-state index contributed by atoms with van der Waals surface area (Å²) >= 11 is 0. The van der Waals surface area contributed by atoms with Gasteiger partial charge in [0.2, 0.25) is 0 Å². The molecule has 0 spiro atoms. The van der Waals surface area contributed by atoms with E-state index in [1.54, 1.807) is 0 Å². The lowest BCUT2D eigenvalue weighted by Gasteiger charge is -2.35. The fraction of sp³-hybridized carbons (Fsp3) is 0.600. The number of aliphatic carboxylic acids is 1. The second-order valence-electron chi connectivity index (χ2n) is 7.01. The Bertz CT molecular complexity index is 1200. The van der Waals surface area contributed by atoms with Crippen molar-refractivity contribution in [3.63, 3.8) is 0 Å². The van der Waals surface area contributed by atoms with Gasteiger partial charge in [-0.25, -0.2) is 4.79 Å². The molecule has 1 aromatic rings.